The maximum atomic E-state index is 12.0. The van der Waals surface area contributed by atoms with Crippen LogP contribution in [0.2, 0.25) is 0 Å². The second-order valence-electron chi connectivity index (χ2n) is 6.22. The smallest absolute Gasteiger partial charge is 0.226 e. The Bertz CT molecular complexity index is 462. The molecule has 0 bridgehead atoms. The Labute approximate surface area is 131 Å². The second-order valence-corrected chi connectivity index (χ2v) is 8.12. The summed E-state index contributed by atoms with van der Waals surface area (Å²) in [4.78, 5) is 13.2. The van der Waals surface area contributed by atoms with E-state index in [-0.39, 0.29) is 16.7 Å². The van der Waals surface area contributed by atoms with E-state index in [0.717, 1.165) is 18.8 Å². The average molecular weight is 308 g/mol. The summed E-state index contributed by atoms with van der Waals surface area (Å²) in [6, 6.07) is 8.13. The summed E-state index contributed by atoms with van der Waals surface area (Å²) < 4.78 is 5.54. The molecule has 1 fully saturated rings. The van der Waals surface area contributed by atoms with Gasteiger partial charge in [-0.15, -0.1) is 11.8 Å². The largest absolute Gasteiger partial charge is 0.378 e. The van der Waals surface area contributed by atoms with Gasteiger partial charge in [-0.1, -0.05) is 20.8 Å². The van der Waals surface area contributed by atoms with Crippen LogP contribution in [0, 0.1) is 0 Å². The Morgan fingerprint density at radius 1 is 1.38 bits per heavy atom. The van der Waals surface area contributed by atoms with Crippen LogP contribution >= 0.6 is 11.8 Å². The van der Waals surface area contributed by atoms with Crippen molar-refractivity contribution in [3.05, 3.63) is 24.3 Å². The van der Waals surface area contributed by atoms with Crippen LogP contribution in [0.15, 0.2) is 29.2 Å². The molecule has 2 N–H and O–H groups in total. The molecule has 0 spiro atoms. The number of carbonyl (C=O) groups is 1. The topological polar surface area (TPSA) is 50.4 Å². The predicted molar refractivity (Wildman–Crippen MR) is 87.9 cm³/mol. The molecule has 0 aromatic heterocycles. The van der Waals surface area contributed by atoms with Crippen LogP contribution in [-0.2, 0) is 9.53 Å². The molecule has 1 aliphatic heterocycles. The highest BCUT2D eigenvalue weighted by Gasteiger charge is 2.17. The van der Waals surface area contributed by atoms with Gasteiger partial charge in [-0.3, -0.25) is 4.79 Å². The minimum Gasteiger partial charge on any atom is -0.378 e. The Hall–Kier alpha value is -1.04. The maximum Gasteiger partial charge on any atom is 0.226 e. The van der Waals surface area contributed by atoms with Gasteiger partial charge < -0.3 is 15.4 Å². The van der Waals surface area contributed by atoms with E-state index >= 15 is 0 Å². The Kier molecular flexibility index (Phi) is 5.67. The fourth-order valence-electron chi connectivity index (χ4n) is 2.15. The molecule has 0 radical (unpaired) electrons. The molecule has 1 heterocycles. The molecule has 1 aromatic rings. The first-order chi connectivity index (χ1) is 9.92. The molecule has 1 aliphatic rings. The van der Waals surface area contributed by atoms with Crippen LogP contribution in [-0.4, -0.2) is 36.5 Å². The van der Waals surface area contributed by atoms with Gasteiger partial charge in [0.15, 0.2) is 0 Å². The number of morpholine rings is 1. The van der Waals surface area contributed by atoms with E-state index in [1.54, 1.807) is 0 Å². The number of anilines is 1. The van der Waals surface area contributed by atoms with Gasteiger partial charge in [-0.2, -0.15) is 0 Å². The molecule has 0 aliphatic carbocycles. The van der Waals surface area contributed by atoms with Crippen molar-refractivity contribution >= 4 is 23.4 Å². The van der Waals surface area contributed by atoms with E-state index in [1.165, 1.54) is 4.90 Å². The van der Waals surface area contributed by atoms with Crippen molar-refractivity contribution in [2.45, 2.75) is 42.9 Å². The molecule has 0 saturated carbocycles. The van der Waals surface area contributed by atoms with Gasteiger partial charge in [0.25, 0.3) is 0 Å². The third kappa shape index (κ3) is 6.08. The van der Waals surface area contributed by atoms with E-state index in [0.29, 0.717) is 13.0 Å². The molecule has 116 valence electrons. The van der Waals surface area contributed by atoms with Crippen LogP contribution in [0.25, 0.3) is 0 Å². The number of hydrogen-bond donors (Lipinski definition) is 2. The van der Waals surface area contributed by atoms with Crippen molar-refractivity contribution in [2.24, 2.45) is 0 Å². The predicted octanol–water partition coefficient (Wildman–Crippen LogP) is 2.89. The highest BCUT2D eigenvalue weighted by molar-refractivity contribution is 8.00. The summed E-state index contributed by atoms with van der Waals surface area (Å²) in [7, 11) is 0. The van der Waals surface area contributed by atoms with Gasteiger partial charge in [0, 0.05) is 34.3 Å². The summed E-state index contributed by atoms with van der Waals surface area (Å²) >= 11 is 1.82. The molecule has 1 amide bonds. The lowest BCUT2D eigenvalue weighted by atomic mass is 10.2. The van der Waals surface area contributed by atoms with Crippen LogP contribution in [0.1, 0.15) is 27.2 Å². The van der Waals surface area contributed by atoms with Crippen LogP contribution in [0.3, 0.4) is 0 Å². The molecule has 1 unspecified atom stereocenters. The minimum absolute atomic E-state index is 0.0224. The summed E-state index contributed by atoms with van der Waals surface area (Å²) in [5.74, 6) is 0.0224. The zero-order valence-corrected chi connectivity index (χ0v) is 13.8. The molecular formula is C16H24N2O2S. The van der Waals surface area contributed by atoms with E-state index in [9.17, 15) is 4.79 Å². The first kappa shape index (κ1) is 16.3. The zero-order valence-electron chi connectivity index (χ0n) is 12.9. The first-order valence-corrected chi connectivity index (χ1v) is 8.14. The highest BCUT2D eigenvalue weighted by atomic mass is 32.2. The van der Waals surface area contributed by atoms with E-state index < -0.39 is 0 Å². The van der Waals surface area contributed by atoms with Gasteiger partial charge in [0.1, 0.15) is 0 Å². The second kappa shape index (κ2) is 7.29. The molecule has 1 atom stereocenters. The van der Waals surface area contributed by atoms with E-state index in [2.05, 4.69) is 31.4 Å². The monoisotopic (exact) mass is 308 g/mol. The number of thioether (sulfide) groups is 1. The summed E-state index contributed by atoms with van der Waals surface area (Å²) in [5, 5.41) is 6.22. The number of ether oxygens (including phenoxy) is 1. The molecular weight excluding hydrogens is 284 g/mol. The van der Waals surface area contributed by atoms with Gasteiger partial charge in [-0.05, 0) is 24.3 Å². The van der Waals surface area contributed by atoms with E-state index in [4.69, 9.17) is 4.74 Å². The molecule has 2 rings (SSSR count). The maximum absolute atomic E-state index is 12.0. The fourth-order valence-corrected chi connectivity index (χ4v) is 3.13. The summed E-state index contributed by atoms with van der Waals surface area (Å²) in [6.45, 7) is 8.71. The lowest BCUT2D eigenvalue weighted by Crippen LogP contribution is -2.43. The van der Waals surface area contributed by atoms with Crippen molar-refractivity contribution in [1.82, 2.24) is 5.32 Å². The van der Waals surface area contributed by atoms with E-state index in [1.807, 2.05) is 36.0 Å². The highest BCUT2D eigenvalue weighted by Crippen LogP contribution is 2.32. The fraction of sp³-hybridized carbons (Fsp3) is 0.562. The van der Waals surface area contributed by atoms with Gasteiger partial charge in [0.05, 0.1) is 13.2 Å². The Morgan fingerprint density at radius 2 is 2.10 bits per heavy atom. The Morgan fingerprint density at radius 3 is 2.67 bits per heavy atom. The van der Waals surface area contributed by atoms with Crippen molar-refractivity contribution in [3.8, 4) is 0 Å². The third-order valence-corrected chi connectivity index (χ3v) is 4.11. The Balaban J connectivity index is 1.83. The van der Waals surface area contributed by atoms with Crippen molar-refractivity contribution in [1.29, 1.82) is 0 Å². The van der Waals surface area contributed by atoms with Crippen LogP contribution < -0.4 is 10.6 Å². The molecule has 5 heteroatoms. The quantitative estimate of drug-likeness (QED) is 0.840. The zero-order chi connectivity index (χ0) is 15.3. The lowest BCUT2D eigenvalue weighted by molar-refractivity contribution is -0.117. The third-order valence-electron chi connectivity index (χ3n) is 2.99. The number of nitrogens with one attached hydrogen (secondary N) is 2. The van der Waals surface area contributed by atoms with Crippen molar-refractivity contribution in [2.75, 3.05) is 25.1 Å². The number of amides is 1. The standard InChI is InChI=1S/C16H24N2O2S/c1-16(2,3)21-14-6-4-12(5-7-14)18-15(19)10-13-11-20-9-8-17-13/h4-7,13,17H,8-11H2,1-3H3,(H,18,19). The number of hydrogen-bond acceptors (Lipinski definition) is 4. The summed E-state index contributed by atoms with van der Waals surface area (Å²) in [6.07, 6.45) is 0.443. The normalized spacial score (nSPS) is 19.3. The van der Waals surface area contributed by atoms with Crippen molar-refractivity contribution < 1.29 is 9.53 Å². The average Bonchev–Trinajstić information content (AvgIpc) is 2.40. The molecule has 1 aromatic carbocycles. The molecule has 21 heavy (non-hydrogen) atoms. The summed E-state index contributed by atoms with van der Waals surface area (Å²) in [5.41, 5.74) is 0.843. The first-order valence-electron chi connectivity index (χ1n) is 7.32. The number of carbonyl (C=O) groups excluding carboxylic acids is 1. The minimum atomic E-state index is 0.0224. The number of benzene rings is 1. The molecule has 4 nitrogen and oxygen atoms in total. The number of rotatable bonds is 4. The van der Waals surface area contributed by atoms with Gasteiger partial charge in [0.2, 0.25) is 5.91 Å². The molecule has 1 saturated heterocycles. The van der Waals surface area contributed by atoms with Gasteiger partial charge in [-0.25, -0.2) is 0 Å². The van der Waals surface area contributed by atoms with Gasteiger partial charge >= 0.3 is 0 Å². The van der Waals surface area contributed by atoms with Crippen LogP contribution in [0.5, 0.6) is 0 Å². The van der Waals surface area contributed by atoms with Crippen LogP contribution in [0.4, 0.5) is 5.69 Å². The lowest BCUT2D eigenvalue weighted by Gasteiger charge is -2.23. The van der Waals surface area contributed by atoms with Crippen molar-refractivity contribution in [3.63, 3.8) is 0 Å². The SMILES string of the molecule is CC(C)(C)Sc1ccc(NC(=O)CC2COCCN2)cc1.